The van der Waals surface area contributed by atoms with E-state index in [9.17, 15) is 9.59 Å². The van der Waals surface area contributed by atoms with E-state index in [0.717, 1.165) is 6.42 Å². The molecule has 0 aliphatic rings. The fraction of sp³-hybridized carbons (Fsp3) is 0.409. The number of hydrogen-bond donors (Lipinski definition) is 0. The molecule has 1 unspecified atom stereocenters. The van der Waals surface area contributed by atoms with E-state index in [4.69, 9.17) is 14.2 Å². The van der Waals surface area contributed by atoms with E-state index in [1.54, 1.807) is 31.2 Å². The van der Waals surface area contributed by atoms with Crippen molar-refractivity contribution in [3.05, 3.63) is 61.1 Å². The largest absolute Gasteiger partial charge is 0.497 e. The molecule has 1 atom stereocenters. The Balaban J connectivity index is 4.73. The predicted molar refractivity (Wildman–Crippen MR) is 113 cm³/mol. The number of ether oxygens (including phenoxy) is 4. The van der Waals surface area contributed by atoms with Crippen LogP contribution in [0.15, 0.2) is 66.1 Å². The smallest absolute Gasteiger partial charge is 0.319 e. The second-order valence-electron chi connectivity index (χ2n) is 5.79. The van der Waals surface area contributed by atoms with Gasteiger partial charge in [-0.2, -0.15) is 0 Å². The number of carbonyl (C=O) groups is 2. The maximum atomic E-state index is 12.3. The van der Waals surface area contributed by atoms with Crippen molar-refractivity contribution >= 4 is 18.3 Å². The third-order valence-corrected chi connectivity index (χ3v) is 3.50. The van der Waals surface area contributed by atoms with E-state index in [1.165, 1.54) is 20.2 Å². The normalized spacial score (nSPS) is 13.2. The fourth-order valence-electron chi connectivity index (χ4n) is 1.80. The summed E-state index contributed by atoms with van der Waals surface area (Å²) in [6, 6.07) is 0. The SMILES string of the molecule is C=CC/C=C(\C=C/C(C)C(=O)OC(/C=C\C(=C)OC)=NC)OCCCCOC=O. The average Bonchev–Trinajstić information content (AvgIpc) is 2.73. The molecule has 0 saturated carbocycles. The van der Waals surface area contributed by atoms with E-state index in [-0.39, 0.29) is 5.90 Å². The predicted octanol–water partition coefficient (Wildman–Crippen LogP) is 3.90. The number of carbonyl (C=O) groups excluding carboxylic acids is 2. The van der Waals surface area contributed by atoms with E-state index >= 15 is 0 Å². The molecule has 0 aromatic carbocycles. The summed E-state index contributed by atoms with van der Waals surface area (Å²) < 4.78 is 20.5. The van der Waals surface area contributed by atoms with Gasteiger partial charge in [-0.05, 0) is 44.4 Å². The molecule has 0 aliphatic heterocycles. The number of nitrogens with zero attached hydrogens (tertiary/aromatic N) is 1. The first-order chi connectivity index (χ1) is 14.0. The molecule has 0 aromatic heterocycles. The van der Waals surface area contributed by atoms with Crippen LogP contribution < -0.4 is 0 Å². The Labute approximate surface area is 173 Å². The zero-order valence-electron chi connectivity index (χ0n) is 17.5. The second kappa shape index (κ2) is 17.0. The monoisotopic (exact) mass is 405 g/mol. The highest BCUT2D eigenvalue weighted by Gasteiger charge is 2.13. The molecule has 0 aromatic rings. The van der Waals surface area contributed by atoms with Gasteiger partial charge in [0.15, 0.2) is 0 Å². The maximum Gasteiger partial charge on any atom is 0.319 e. The van der Waals surface area contributed by atoms with Crippen LogP contribution in [0.2, 0.25) is 0 Å². The first kappa shape index (κ1) is 25.9. The Morgan fingerprint density at radius 2 is 1.90 bits per heavy atom. The Hall–Kier alpha value is -3.09. The van der Waals surface area contributed by atoms with Gasteiger partial charge in [0, 0.05) is 13.1 Å². The lowest BCUT2D eigenvalue weighted by Crippen LogP contribution is -2.17. The summed E-state index contributed by atoms with van der Waals surface area (Å²) in [5.74, 6) is 0.235. The van der Waals surface area contributed by atoms with Crippen LogP contribution in [0.4, 0.5) is 0 Å². The summed E-state index contributed by atoms with van der Waals surface area (Å²) in [5, 5.41) is 0. The van der Waals surface area contributed by atoms with Gasteiger partial charge < -0.3 is 18.9 Å². The molecule has 0 radical (unpaired) electrons. The van der Waals surface area contributed by atoms with Crippen LogP contribution in [-0.4, -0.2) is 45.7 Å². The Morgan fingerprint density at radius 1 is 1.17 bits per heavy atom. The first-order valence-corrected chi connectivity index (χ1v) is 9.25. The lowest BCUT2D eigenvalue weighted by Gasteiger charge is -2.09. The van der Waals surface area contributed by atoms with Gasteiger partial charge in [-0.1, -0.05) is 18.7 Å². The summed E-state index contributed by atoms with van der Waals surface area (Å²) in [6.07, 6.45) is 12.2. The molecule has 0 rings (SSSR count). The molecular weight excluding hydrogens is 374 g/mol. The van der Waals surface area contributed by atoms with Crippen molar-refractivity contribution in [3.63, 3.8) is 0 Å². The Morgan fingerprint density at radius 3 is 2.52 bits per heavy atom. The number of allylic oxidation sites excluding steroid dienone is 4. The fourth-order valence-corrected chi connectivity index (χ4v) is 1.80. The molecule has 0 saturated heterocycles. The summed E-state index contributed by atoms with van der Waals surface area (Å²) in [5.41, 5.74) is 0. The highest BCUT2D eigenvalue weighted by Crippen LogP contribution is 2.09. The van der Waals surface area contributed by atoms with Crippen LogP contribution >= 0.6 is 0 Å². The van der Waals surface area contributed by atoms with E-state index in [1.807, 2.05) is 6.08 Å². The number of hydrogen-bond acceptors (Lipinski definition) is 7. The van der Waals surface area contributed by atoms with Crippen molar-refractivity contribution in [2.24, 2.45) is 10.9 Å². The summed E-state index contributed by atoms with van der Waals surface area (Å²) >= 11 is 0. The van der Waals surface area contributed by atoms with Gasteiger partial charge >= 0.3 is 5.97 Å². The molecule has 0 fully saturated rings. The molecule has 160 valence electrons. The van der Waals surface area contributed by atoms with Crippen LogP contribution in [0.25, 0.3) is 0 Å². The minimum Gasteiger partial charge on any atom is -0.497 e. The number of esters is 1. The average molecular weight is 405 g/mol. The van der Waals surface area contributed by atoms with Crippen molar-refractivity contribution in [3.8, 4) is 0 Å². The summed E-state index contributed by atoms with van der Waals surface area (Å²) in [7, 11) is 3.01. The van der Waals surface area contributed by atoms with Crippen molar-refractivity contribution in [2.75, 3.05) is 27.4 Å². The highest BCUT2D eigenvalue weighted by atomic mass is 16.5. The maximum absolute atomic E-state index is 12.3. The minimum absolute atomic E-state index is 0.157. The van der Waals surface area contributed by atoms with Crippen molar-refractivity contribution in [1.82, 2.24) is 0 Å². The molecule has 0 N–H and O–H groups in total. The lowest BCUT2D eigenvalue weighted by atomic mass is 10.1. The van der Waals surface area contributed by atoms with Gasteiger partial charge in [0.05, 0.1) is 26.2 Å². The standard InChI is InChI=1S/C22H31NO6/c1-6-7-10-20(28-16-9-8-15-27-17-24)13-11-18(2)22(25)29-21(23-4)14-12-19(3)26-5/h6,10-14,17-18H,1,3,7-9,15-16H2,2,4-5H3/b13-11-,14-12-,20-10+,23-21?. The van der Waals surface area contributed by atoms with Crippen molar-refractivity contribution < 1.29 is 28.5 Å². The number of aliphatic imine (C=N–C) groups is 1. The third-order valence-electron chi connectivity index (χ3n) is 3.50. The zero-order valence-corrected chi connectivity index (χ0v) is 17.5. The summed E-state index contributed by atoms with van der Waals surface area (Å²) in [4.78, 5) is 26.3. The van der Waals surface area contributed by atoms with E-state index < -0.39 is 11.9 Å². The topological polar surface area (TPSA) is 83.4 Å². The van der Waals surface area contributed by atoms with Gasteiger partial charge in [0.25, 0.3) is 6.47 Å². The number of methoxy groups -OCH3 is 1. The van der Waals surface area contributed by atoms with Crippen molar-refractivity contribution in [2.45, 2.75) is 26.2 Å². The van der Waals surface area contributed by atoms with Gasteiger partial charge in [-0.3, -0.25) is 14.6 Å². The molecule has 0 amide bonds. The molecule has 0 heterocycles. The van der Waals surface area contributed by atoms with Crippen LogP contribution in [-0.2, 0) is 28.5 Å². The van der Waals surface area contributed by atoms with Crippen LogP contribution in [0.1, 0.15) is 26.2 Å². The molecular formula is C22H31NO6. The van der Waals surface area contributed by atoms with Gasteiger partial charge in [0.1, 0.15) is 11.5 Å². The molecule has 0 bridgehead atoms. The third kappa shape index (κ3) is 13.7. The zero-order chi connectivity index (χ0) is 21.9. The van der Waals surface area contributed by atoms with Crippen LogP contribution in [0.3, 0.4) is 0 Å². The first-order valence-electron chi connectivity index (χ1n) is 9.25. The van der Waals surface area contributed by atoms with Gasteiger partial charge in [-0.15, -0.1) is 6.58 Å². The molecule has 0 spiro atoms. The number of unbranched alkanes of at least 4 members (excludes halogenated alkanes) is 1. The summed E-state index contributed by atoms with van der Waals surface area (Å²) in [6.45, 7) is 10.3. The minimum atomic E-state index is -0.512. The molecule has 7 nitrogen and oxygen atoms in total. The number of rotatable bonds is 15. The quantitative estimate of drug-likeness (QED) is 0.0601. The lowest BCUT2D eigenvalue weighted by molar-refractivity contribution is -0.138. The van der Waals surface area contributed by atoms with Gasteiger partial charge in [0.2, 0.25) is 5.90 Å². The van der Waals surface area contributed by atoms with Crippen molar-refractivity contribution in [1.29, 1.82) is 0 Å². The molecule has 7 heteroatoms. The van der Waals surface area contributed by atoms with Crippen LogP contribution in [0, 0.1) is 5.92 Å². The molecule has 0 aliphatic carbocycles. The highest BCUT2D eigenvalue weighted by molar-refractivity contribution is 5.97. The van der Waals surface area contributed by atoms with Gasteiger partial charge in [-0.25, -0.2) is 0 Å². The Bertz CT molecular complexity index is 646. The molecule has 29 heavy (non-hydrogen) atoms. The van der Waals surface area contributed by atoms with E-state index in [0.29, 0.717) is 44.0 Å². The second-order valence-corrected chi connectivity index (χ2v) is 5.79. The Kier molecular flexibility index (Phi) is 15.2. The van der Waals surface area contributed by atoms with E-state index in [2.05, 4.69) is 22.9 Å². The van der Waals surface area contributed by atoms with Crippen LogP contribution in [0.5, 0.6) is 0 Å².